The van der Waals surface area contributed by atoms with Crippen molar-refractivity contribution in [3.05, 3.63) is 11.6 Å². The summed E-state index contributed by atoms with van der Waals surface area (Å²) in [5.41, 5.74) is 0.795. The van der Waals surface area contributed by atoms with Gasteiger partial charge in [0.05, 0.1) is 0 Å². The second-order valence-electron chi connectivity index (χ2n) is 3.57. The SMILES string of the molecule is C[C@H]1C=C(CCCCCC=O)C(=O)O1. The van der Waals surface area contributed by atoms with Gasteiger partial charge in [0.15, 0.2) is 0 Å². The van der Waals surface area contributed by atoms with Crippen LogP contribution in [0, 0.1) is 0 Å². The van der Waals surface area contributed by atoms with E-state index in [2.05, 4.69) is 0 Å². The second-order valence-corrected chi connectivity index (χ2v) is 3.57. The van der Waals surface area contributed by atoms with Crippen LogP contribution >= 0.6 is 0 Å². The number of hydrogen-bond donors (Lipinski definition) is 0. The molecule has 0 aliphatic carbocycles. The Kier molecular flexibility index (Phi) is 4.36. The molecule has 1 rings (SSSR count). The number of carbonyl (C=O) groups is 2. The first kappa shape index (κ1) is 11.0. The van der Waals surface area contributed by atoms with Crippen molar-refractivity contribution >= 4 is 12.3 Å². The van der Waals surface area contributed by atoms with Gasteiger partial charge in [-0.05, 0) is 32.3 Å². The van der Waals surface area contributed by atoms with Crippen LogP contribution in [0.15, 0.2) is 11.6 Å². The number of unbranched alkanes of at least 4 members (excludes halogenated alkanes) is 3. The first-order valence-corrected chi connectivity index (χ1v) is 5.09. The molecule has 0 aromatic carbocycles. The molecule has 0 unspecified atom stereocenters. The zero-order chi connectivity index (χ0) is 10.4. The van der Waals surface area contributed by atoms with E-state index in [0.29, 0.717) is 6.42 Å². The molecule has 0 fully saturated rings. The molecule has 3 nitrogen and oxygen atoms in total. The van der Waals surface area contributed by atoms with E-state index < -0.39 is 0 Å². The number of cyclic esters (lactones) is 1. The minimum Gasteiger partial charge on any atom is -0.455 e. The average Bonchev–Trinajstić information content (AvgIpc) is 2.45. The second kappa shape index (κ2) is 5.58. The molecule has 14 heavy (non-hydrogen) atoms. The summed E-state index contributed by atoms with van der Waals surface area (Å²) in [5, 5.41) is 0. The quantitative estimate of drug-likeness (QED) is 0.371. The molecule has 1 heterocycles. The summed E-state index contributed by atoms with van der Waals surface area (Å²) in [7, 11) is 0. The van der Waals surface area contributed by atoms with Gasteiger partial charge in [-0.2, -0.15) is 0 Å². The predicted molar refractivity (Wildman–Crippen MR) is 52.8 cm³/mol. The van der Waals surface area contributed by atoms with E-state index in [-0.39, 0.29) is 12.1 Å². The van der Waals surface area contributed by atoms with Crippen molar-refractivity contribution in [1.82, 2.24) is 0 Å². The zero-order valence-electron chi connectivity index (χ0n) is 8.49. The molecule has 0 bridgehead atoms. The van der Waals surface area contributed by atoms with Gasteiger partial charge in [-0.3, -0.25) is 0 Å². The molecule has 1 aliphatic heterocycles. The predicted octanol–water partition coefficient (Wildman–Crippen LogP) is 2.01. The van der Waals surface area contributed by atoms with E-state index in [4.69, 9.17) is 4.74 Å². The first-order valence-electron chi connectivity index (χ1n) is 5.09. The fourth-order valence-electron chi connectivity index (χ4n) is 1.54. The molecule has 3 heteroatoms. The van der Waals surface area contributed by atoms with E-state index >= 15 is 0 Å². The van der Waals surface area contributed by atoms with E-state index in [9.17, 15) is 9.59 Å². The van der Waals surface area contributed by atoms with Crippen LogP contribution in [0.4, 0.5) is 0 Å². The highest BCUT2D eigenvalue weighted by Crippen LogP contribution is 2.19. The monoisotopic (exact) mass is 196 g/mol. The lowest BCUT2D eigenvalue weighted by Gasteiger charge is -1.99. The summed E-state index contributed by atoms with van der Waals surface area (Å²) in [4.78, 5) is 21.2. The Hall–Kier alpha value is -1.12. The van der Waals surface area contributed by atoms with Gasteiger partial charge in [-0.1, -0.05) is 6.42 Å². The lowest BCUT2D eigenvalue weighted by Crippen LogP contribution is -2.03. The Morgan fingerprint density at radius 3 is 2.79 bits per heavy atom. The van der Waals surface area contributed by atoms with Gasteiger partial charge < -0.3 is 9.53 Å². The van der Waals surface area contributed by atoms with Crippen LogP contribution in [0.3, 0.4) is 0 Å². The van der Waals surface area contributed by atoms with Crippen LogP contribution in [0.1, 0.15) is 39.0 Å². The van der Waals surface area contributed by atoms with E-state index in [0.717, 1.165) is 37.5 Å². The lowest BCUT2D eigenvalue weighted by atomic mass is 10.1. The normalized spacial score (nSPS) is 20.5. The molecule has 0 saturated carbocycles. The maximum Gasteiger partial charge on any atom is 0.334 e. The fourth-order valence-corrected chi connectivity index (χ4v) is 1.54. The number of hydrogen-bond acceptors (Lipinski definition) is 3. The van der Waals surface area contributed by atoms with Crippen molar-refractivity contribution in [3.63, 3.8) is 0 Å². The maximum atomic E-state index is 11.2. The van der Waals surface area contributed by atoms with Gasteiger partial charge in [-0.25, -0.2) is 4.79 Å². The van der Waals surface area contributed by atoms with Crippen LogP contribution in [0.5, 0.6) is 0 Å². The third-order valence-corrected chi connectivity index (χ3v) is 2.26. The molecule has 0 radical (unpaired) electrons. The summed E-state index contributed by atoms with van der Waals surface area (Å²) >= 11 is 0. The summed E-state index contributed by atoms with van der Waals surface area (Å²) < 4.78 is 4.96. The Bertz CT molecular complexity index is 243. The Morgan fingerprint density at radius 1 is 1.43 bits per heavy atom. The number of carbonyl (C=O) groups excluding carboxylic acids is 2. The summed E-state index contributed by atoms with van der Waals surface area (Å²) in [6.45, 7) is 1.86. The first-order chi connectivity index (χ1) is 6.74. The van der Waals surface area contributed by atoms with E-state index in [1.54, 1.807) is 0 Å². The van der Waals surface area contributed by atoms with Gasteiger partial charge in [0.25, 0.3) is 0 Å². The molecule has 0 aromatic heterocycles. The number of esters is 1. The number of aldehydes is 1. The van der Waals surface area contributed by atoms with Gasteiger partial charge in [0, 0.05) is 12.0 Å². The van der Waals surface area contributed by atoms with E-state index in [1.165, 1.54) is 0 Å². The topological polar surface area (TPSA) is 43.4 Å². The van der Waals surface area contributed by atoms with Crippen molar-refractivity contribution in [2.24, 2.45) is 0 Å². The molecule has 1 aliphatic rings. The van der Waals surface area contributed by atoms with Gasteiger partial charge >= 0.3 is 5.97 Å². The highest BCUT2D eigenvalue weighted by molar-refractivity contribution is 5.90. The van der Waals surface area contributed by atoms with Gasteiger partial charge in [0.2, 0.25) is 0 Å². The summed E-state index contributed by atoms with van der Waals surface area (Å²) in [6.07, 6.45) is 7.03. The minimum atomic E-state index is -0.173. The standard InChI is InChI=1S/C11H16O3/c1-9-8-10(11(13)14-9)6-4-2-3-5-7-12/h7-9H,2-6H2,1H3/t9-/m0/s1. The fraction of sp³-hybridized carbons (Fsp3) is 0.636. The lowest BCUT2D eigenvalue weighted by molar-refractivity contribution is -0.139. The summed E-state index contributed by atoms with van der Waals surface area (Å²) in [6, 6.07) is 0. The molecule has 0 aromatic rings. The van der Waals surface area contributed by atoms with Crippen molar-refractivity contribution in [2.75, 3.05) is 0 Å². The smallest absolute Gasteiger partial charge is 0.334 e. The van der Waals surface area contributed by atoms with Crippen LogP contribution in [0.2, 0.25) is 0 Å². The molecule has 0 saturated heterocycles. The van der Waals surface area contributed by atoms with Crippen LogP contribution < -0.4 is 0 Å². The average molecular weight is 196 g/mol. The molecular formula is C11H16O3. The third-order valence-electron chi connectivity index (χ3n) is 2.26. The number of ether oxygens (including phenoxy) is 1. The van der Waals surface area contributed by atoms with Crippen LogP contribution in [-0.2, 0) is 14.3 Å². The third kappa shape index (κ3) is 3.32. The Labute approximate surface area is 84.1 Å². The van der Waals surface area contributed by atoms with Crippen molar-refractivity contribution in [1.29, 1.82) is 0 Å². The van der Waals surface area contributed by atoms with Crippen LogP contribution in [0.25, 0.3) is 0 Å². The largest absolute Gasteiger partial charge is 0.455 e. The van der Waals surface area contributed by atoms with Gasteiger partial charge in [0.1, 0.15) is 12.4 Å². The van der Waals surface area contributed by atoms with E-state index in [1.807, 2.05) is 13.0 Å². The van der Waals surface area contributed by atoms with Gasteiger partial charge in [-0.15, -0.1) is 0 Å². The molecule has 0 spiro atoms. The minimum absolute atomic E-state index is 0.0625. The molecule has 0 N–H and O–H groups in total. The van der Waals surface area contributed by atoms with Crippen LogP contribution in [-0.4, -0.2) is 18.4 Å². The molecular weight excluding hydrogens is 180 g/mol. The zero-order valence-corrected chi connectivity index (χ0v) is 8.49. The molecule has 1 atom stereocenters. The van der Waals surface area contributed by atoms with Crippen molar-refractivity contribution in [2.45, 2.75) is 45.1 Å². The highest BCUT2D eigenvalue weighted by Gasteiger charge is 2.20. The highest BCUT2D eigenvalue weighted by atomic mass is 16.5. The number of rotatable bonds is 6. The molecule has 78 valence electrons. The molecule has 0 amide bonds. The summed E-state index contributed by atoms with van der Waals surface area (Å²) in [5.74, 6) is -0.173. The van der Waals surface area contributed by atoms with Crippen molar-refractivity contribution in [3.8, 4) is 0 Å². The Balaban J connectivity index is 2.15. The van der Waals surface area contributed by atoms with Crippen molar-refractivity contribution < 1.29 is 14.3 Å². The maximum absolute atomic E-state index is 11.2. The Morgan fingerprint density at radius 2 is 2.21 bits per heavy atom.